The molecule has 0 fully saturated rings. The number of rotatable bonds is 6. The number of hydrogen-bond acceptors (Lipinski definition) is 3. The third-order valence-corrected chi connectivity index (χ3v) is 2.95. The Morgan fingerprint density at radius 3 is 2.58 bits per heavy atom. The molecule has 4 heteroatoms. The van der Waals surface area contributed by atoms with Gasteiger partial charge in [-0.15, -0.1) is 0 Å². The van der Waals surface area contributed by atoms with Crippen molar-refractivity contribution < 1.29 is 9.53 Å². The average Bonchev–Trinajstić information content (AvgIpc) is 2.35. The Kier molecular flexibility index (Phi) is 5.83. The number of ether oxygens (including phenoxy) is 1. The van der Waals surface area contributed by atoms with Crippen molar-refractivity contribution in [2.45, 2.75) is 32.6 Å². The van der Waals surface area contributed by atoms with Gasteiger partial charge in [0.05, 0.1) is 7.11 Å². The van der Waals surface area contributed by atoms with Crippen molar-refractivity contribution >= 4 is 5.91 Å². The Labute approximate surface area is 115 Å². The molecule has 0 aromatic heterocycles. The fraction of sp³-hybridized carbons (Fsp3) is 0.533. The lowest BCUT2D eigenvalue weighted by Crippen LogP contribution is -2.36. The van der Waals surface area contributed by atoms with E-state index >= 15 is 0 Å². The van der Waals surface area contributed by atoms with Gasteiger partial charge in [-0.25, -0.2) is 5.01 Å². The molecular weight excluding hydrogens is 240 g/mol. The number of hydrogen-bond donors (Lipinski definition) is 1. The summed E-state index contributed by atoms with van der Waals surface area (Å²) in [4.78, 5) is 11.6. The number of carbonyl (C=O) groups is 1. The molecule has 0 spiro atoms. The number of hydrazine groups is 1. The average molecular weight is 264 g/mol. The van der Waals surface area contributed by atoms with Gasteiger partial charge >= 0.3 is 0 Å². The summed E-state index contributed by atoms with van der Waals surface area (Å²) in [6, 6.07) is 6.22. The molecule has 1 N–H and O–H groups in total. The first kappa shape index (κ1) is 15.5. The second kappa shape index (κ2) is 7.14. The number of methoxy groups -OCH3 is 1. The SMILES string of the molecule is COc1cc(C(C)C)ccc1CCC(=O)NN(C)C. The summed E-state index contributed by atoms with van der Waals surface area (Å²) in [5.74, 6) is 1.35. The Balaban J connectivity index is 2.70. The summed E-state index contributed by atoms with van der Waals surface area (Å²) in [7, 11) is 5.27. The molecule has 0 aliphatic carbocycles. The number of carbonyl (C=O) groups excluding carboxylic acids is 1. The molecular formula is C15H24N2O2. The van der Waals surface area contributed by atoms with E-state index in [2.05, 4.69) is 37.5 Å². The van der Waals surface area contributed by atoms with Crippen LogP contribution in [0.1, 0.15) is 37.3 Å². The van der Waals surface area contributed by atoms with Crippen LogP contribution in [0.2, 0.25) is 0 Å². The third kappa shape index (κ3) is 4.91. The highest BCUT2D eigenvalue weighted by Crippen LogP contribution is 2.25. The first-order valence-corrected chi connectivity index (χ1v) is 6.57. The zero-order valence-corrected chi connectivity index (χ0v) is 12.5. The second-order valence-electron chi connectivity index (χ2n) is 5.16. The quantitative estimate of drug-likeness (QED) is 0.802. The van der Waals surface area contributed by atoms with Crippen molar-refractivity contribution in [3.63, 3.8) is 0 Å². The molecule has 0 aliphatic rings. The monoisotopic (exact) mass is 264 g/mol. The number of aryl methyl sites for hydroxylation is 1. The molecule has 1 rings (SSSR count). The first-order valence-electron chi connectivity index (χ1n) is 6.57. The predicted molar refractivity (Wildman–Crippen MR) is 77.2 cm³/mol. The van der Waals surface area contributed by atoms with Gasteiger partial charge in [-0.05, 0) is 29.5 Å². The minimum atomic E-state index is 0.0139. The Morgan fingerprint density at radius 1 is 1.37 bits per heavy atom. The third-order valence-electron chi connectivity index (χ3n) is 2.95. The Hall–Kier alpha value is -1.55. The molecule has 0 saturated carbocycles. The van der Waals surface area contributed by atoms with Gasteiger partial charge < -0.3 is 4.74 Å². The van der Waals surface area contributed by atoms with Crippen LogP contribution in [0.15, 0.2) is 18.2 Å². The van der Waals surface area contributed by atoms with E-state index in [-0.39, 0.29) is 5.91 Å². The van der Waals surface area contributed by atoms with Gasteiger partial charge in [0.25, 0.3) is 0 Å². The fourth-order valence-corrected chi connectivity index (χ4v) is 1.88. The maximum atomic E-state index is 11.6. The number of nitrogens with zero attached hydrogens (tertiary/aromatic N) is 1. The molecule has 0 radical (unpaired) electrons. The van der Waals surface area contributed by atoms with Gasteiger partial charge in [0.1, 0.15) is 5.75 Å². The summed E-state index contributed by atoms with van der Waals surface area (Å²) >= 11 is 0. The maximum absolute atomic E-state index is 11.6. The molecule has 1 aromatic carbocycles. The molecule has 1 amide bonds. The fourth-order valence-electron chi connectivity index (χ4n) is 1.88. The summed E-state index contributed by atoms with van der Waals surface area (Å²) in [6.45, 7) is 4.30. The molecule has 0 aliphatic heterocycles. The van der Waals surface area contributed by atoms with E-state index in [4.69, 9.17) is 4.74 Å². The Bertz CT molecular complexity index is 428. The van der Waals surface area contributed by atoms with Crippen LogP contribution < -0.4 is 10.2 Å². The van der Waals surface area contributed by atoms with Gasteiger partial charge in [0, 0.05) is 20.5 Å². The summed E-state index contributed by atoms with van der Waals surface area (Å²) in [5.41, 5.74) is 5.05. The molecule has 0 heterocycles. The van der Waals surface area contributed by atoms with Gasteiger partial charge in [-0.1, -0.05) is 26.0 Å². The minimum Gasteiger partial charge on any atom is -0.496 e. The van der Waals surface area contributed by atoms with Crippen molar-refractivity contribution in [3.05, 3.63) is 29.3 Å². The van der Waals surface area contributed by atoms with Crippen molar-refractivity contribution in [2.75, 3.05) is 21.2 Å². The highest BCUT2D eigenvalue weighted by Gasteiger charge is 2.09. The summed E-state index contributed by atoms with van der Waals surface area (Å²) in [5, 5.41) is 1.65. The standard InChI is InChI=1S/C15H24N2O2/c1-11(2)13-7-6-12(14(10-13)19-5)8-9-15(18)16-17(3)4/h6-7,10-11H,8-9H2,1-5H3,(H,16,18). The predicted octanol–water partition coefficient (Wildman–Crippen LogP) is 2.34. The molecule has 0 bridgehead atoms. The van der Waals surface area contributed by atoms with Crippen LogP contribution in [-0.2, 0) is 11.2 Å². The van der Waals surface area contributed by atoms with Crippen LogP contribution in [0.4, 0.5) is 0 Å². The van der Waals surface area contributed by atoms with Crippen LogP contribution >= 0.6 is 0 Å². The number of nitrogens with one attached hydrogen (secondary N) is 1. The molecule has 4 nitrogen and oxygen atoms in total. The van der Waals surface area contributed by atoms with Crippen LogP contribution in [0.5, 0.6) is 5.75 Å². The largest absolute Gasteiger partial charge is 0.496 e. The zero-order chi connectivity index (χ0) is 14.4. The molecule has 19 heavy (non-hydrogen) atoms. The normalized spacial score (nSPS) is 10.9. The van der Waals surface area contributed by atoms with E-state index in [1.807, 2.05) is 0 Å². The topological polar surface area (TPSA) is 41.6 Å². The van der Waals surface area contributed by atoms with E-state index in [0.717, 1.165) is 11.3 Å². The Morgan fingerprint density at radius 2 is 2.05 bits per heavy atom. The van der Waals surface area contributed by atoms with Crippen molar-refractivity contribution in [1.82, 2.24) is 10.4 Å². The highest BCUT2D eigenvalue weighted by atomic mass is 16.5. The van der Waals surface area contributed by atoms with E-state index in [1.165, 1.54) is 5.56 Å². The zero-order valence-electron chi connectivity index (χ0n) is 12.5. The van der Waals surface area contributed by atoms with Gasteiger partial charge in [-0.2, -0.15) is 0 Å². The first-order chi connectivity index (χ1) is 8.93. The van der Waals surface area contributed by atoms with Gasteiger partial charge in [0.15, 0.2) is 0 Å². The lowest BCUT2D eigenvalue weighted by atomic mass is 9.99. The number of amides is 1. The van der Waals surface area contributed by atoms with Crippen molar-refractivity contribution in [3.8, 4) is 5.75 Å². The van der Waals surface area contributed by atoms with E-state index < -0.39 is 0 Å². The minimum absolute atomic E-state index is 0.0139. The molecule has 0 unspecified atom stereocenters. The van der Waals surface area contributed by atoms with Crippen molar-refractivity contribution in [1.29, 1.82) is 0 Å². The lowest BCUT2D eigenvalue weighted by molar-refractivity contribution is -0.124. The van der Waals surface area contributed by atoms with E-state index in [0.29, 0.717) is 18.8 Å². The van der Waals surface area contributed by atoms with E-state index in [1.54, 1.807) is 26.2 Å². The smallest absolute Gasteiger partial charge is 0.234 e. The summed E-state index contributed by atoms with van der Waals surface area (Å²) in [6.07, 6.45) is 1.14. The molecule has 1 aromatic rings. The van der Waals surface area contributed by atoms with E-state index in [9.17, 15) is 4.79 Å². The van der Waals surface area contributed by atoms with Crippen LogP contribution in [0.25, 0.3) is 0 Å². The van der Waals surface area contributed by atoms with Crippen LogP contribution in [0, 0.1) is 0 Å². The lowest BCUT2D eigenvalue weighted by Gasteiger charge is -2.14. The van der Waals surface area contributed by atoms with Crippen LogP contribution in [0.3, 0.4) is 0 Å². The maximum Gasteiger partial charge on any atom is 0.234 e. The molecule has 106 valence electrons. The van der Waals surface area contributed by atoms with Crippen molar-refractivity contribution in [2.24, 2.45) is 0 Å². The molecule has 0 atom stereocenters. The van der Waals surface area contributed by atoms with Gasteiger partial charge in [0.2, 0.25) is 5.91 Å². The number of benzene rings is 1. The summed E-state index contributed by atoms with van der Waals surface area (Å²) < 4.78 is 5.41. The second-order valence-corrected chi connectivity index (χ2v) is 5.16. The molecule has 0 saturated heterocycles. The highest BCUT2D eigenvalue weighted by molar-refractivity contribution is 5.75. The van der Waals surface area contributed by atoms with Gasteiger partial charge in [-0.3, -0.25) is 10.2 Å². The van der Waals surface area contributed by atoms with Crippen LogP contribution in [-0.4, -0.2) is 32.1 Å².